The van der Waals surface area contributed by atoms with Crippen molar-refractivity contribution in [2.45, 2.75) is 26.2 Å². The summed E-state index contributed by atoms with van der Waals surface area (Å²) in [6.07, 6.45) is 0. The summed E-state index contributed by atoms with van der Waals surface area (Å²) in [6, 6.07) is 12.3. The van der Waals surface area contributed by atoms with E-state index in [4.69, 9.17) is 14.2 Å². The molecule has 0 fully saturated rings. The van der Waals surface area contributed by atoms with Crippen LogP contribution in [0.4, 0.5) is 0 Å². The number of methoxy groups -OCH3 is 2. The average molecular weight is 356 g/mol. The van der Waals surface area contributed by atoms with Crippen molar-refractivity contribution in [2.24, 2.45) is 0 Å². The van der Waals surface area contributed by atoms with Crippen molar-refractivity contribution in [3.05, 3.63) is 59.2 Å². The van der Waals surface area contributed by atoms with E-state index in [9.17, 15) is 9.59 Å². The van der Waals surface area contributed by atoms with E-state index >= 15 is 0 Å². The molecule has 0 atom stereocenters. The predicted octanol–water partition coefficient (Wildman–Crippen LogP) is 4.04. The summed E-state index contributed by atoms with van der Waals surface area (Å²) in [4.78, 5) is 24.7. The molecule has 0 radical (unpaired) electrons. The Kier molecular flexibility index (Phi) is 6.03. The molecular formula is C21H24O5. The summed E-state index contributed by atoms with van der Waals surface area (Å²) in [5.41, 5.74) is 1.80. The van der Waals surface area contributed by atoms with E-state index < -0.39 is 5.97 Å². The van der Waals surface area contributed by atoms with Crippen molar-refractivity contribution in [3.8, 4) is 11.5 Å². The van der Waals surface area contributed by atoms with Crippen molar-refractivity contribution in [3.63, 3.8) is 0 Å². The Morgan fingerprint density at radius 1 is 0.885 bits per heavy atom. The van der Waals surface area contributed by atoms with Gasteiger partial charge < -0.3 is 14.2 Å². The Bertz CT molecular complexity index is 763. The lowest BCUT2D eigenvalue weighted by atomic mass is 9.86. The first-order valence-electron chi connectivity index (χ1n) is 8.29. The lowest BCUT2D eigenvalue weighted by Gasteiger charge is -2.19. The molecule has 0 heterocycles. The third-order valence-corrected chi connectivity index (χ3v) is 4.04. The Hall–Kier alpha value is -2.82. The number of esters is 1. The molecule has 0 spiro atoms. The van der Waals surface area contributed by atoms with Crippen LogP contribution in [0.3, 0.4) is 0 Å². The van der Waals surface area contributed by atoms with E-state index in [0.717, 1.165) is 5.56 Å². The van der Waals surface area contributed by atoms with Gasteiger partial charge in [0.1, 0.15) is 17.1 Å². The van der Waals surface area contributed by atoms with Crippen LogP contribution in [0.2, 0.25) is 0 Å². The number of benzene rings is 2. The molecule has 0 saturated carbocycles. The molecule has 0 saturated heterocycles. The van der Waals surface area contributed by atoms with Gasteiger partial charge in [0.05, 0.1) is 14.2 Å². The molecule has 26 heavy (non-hydrogen) atoms. The van der Waals surface area contributed by atoms with Gasteiger partial charge in [0.15, 0.2) is 12.4 Å². The summed E-state index contributed by atoms with van der Waals surface area (Å²) < 4.78 is 15.5. The molecule has 138 valence electrons. The number of rotatable bonds is 6. The molecule has 0 N–H and O–H groups in total. The largest absolute Gasteiger partial charge is 0.496 e. The zero-order valence-electron chi connectivity index (χ0n) is 15.8. The van der Waals surface area contributed by atoms with Crippen molar-refractivity contribution in [1.29, 1.82) is 0 Å². The topological polar surface area (TPSA) is 61.8 Å². The summed E-state index contributed by atoms with van der Waals surface area (Å²) >= 11 is 0. The number of Topliss-reactive ketones (excluding diaryl/α,β-unsaturated/α-hetero) is 1. The van der Waals surface area contributed by atoms with E-state index in [1.165, 1.54) is 14.2 Å². The highest BCUT2D eigenvalue weighted by molar-refractivity contribution is 6.01. The molecule has 5 nitrogen and oxygen atoms in total. The number of ketones is 1. The molecule has 0 amide bonds. The van der Waals surface area contributed by atoms with E-state index in [0.29, 0.717) is 17.1 Å². The first kappa shape index (κ1) is 19.5. The maximum absolute atomic E-state index is 12.4. The molecule has 0 aliphatic rings. The van der Waals surface area contributed by atoms with Crippen LogP contribution in [-0.4, -0.2) is 32.6 Å². The van der Waals surface area contributed by atoms with Gasteiger partial charge in [-0.05, 0) is 23.1 Å². The van der Waals surface area contributed by atoms with Crippen LogP contribution in [0.1, 0.15) is 47.1 Å². The highest BCUT2D eigenvalue weighted by atomic mass is 16.5. The van der Waals surface area contributed by atoms with Gasteiger partial charge in [0, 0.05) is 5.56 Å². The number of hydrogen-bond donors (Lipinski definition) is 0. The number of hydrogen-bond acceptors (Lipinski definition) is 5. The minimum Gasteiger partial charge on any atom is -0.496 e. The molecule has 0 aliphatic heterocycles. The van der Waals surface area contributed by atoms with Gasteiger partial charge in [0.2, 0.25) is 0 Å². The van der Waals surface area contributed by atoms with Crippen LogP contribution in [-0.2, 0) is 10.2 Å². The summed E-state index contributed by atoms with van der Waals surface area (Å²) in [5.74, 6) is -0.278. The van der Waals surface area contributed by atoms with Crippen LogP contribution in [0.5, 0.6) is 11.5 Å². The van der Waals surface area contributed by atoms with Crippen LogP contribution < -0.4 is 9.47 Å². The Morgan fingerprint density at radius 2 is 1.42 bits per heavy atom. The fourth-order valence-electron chi connectivity index (χ4n) is 2.50. The zero-order valence-corrected chi connectivity index (χ0v) is 15.8. The smallest absolute Gasteiger partial charge is 0.346 e. The first-order chi connectivity index (χ1) is 12.3. The van der Waals surface area contributed by atoms with Gasteiger partial charge in [-0.25, -0.2) is 4.79 Å². The lowest BCUT2D eigenvalue weighted by molar-refractivity contribution is 0.0468. The van der Waals surface area contributed by atoms with Crippen LogP contribution >= 0.6 is 0 Å². The van der Waals surface area contributed by atoms with E-state index in [1.807, 2.05) is 12.1 Å². The monoisotopic (exact) mass is 356 g/mol. The van der Waals surface area contributed by atoms with Crippen LogP contribution in [0.25, 0.3) is 0 Å². The van der Waals surface area contributed by atoms with Crippen molar-refractivity contribution in [2.75, 3.05) is 20.8 Å². The van der Waals surface area contributed by atoms with Gasteiger partial charge in [0.25, 0.3) is 0 Å². The standard InChI is InChI=1S/C21H24O5/c1-21(2,3)15-11-9-14(10-12-15)16(22)13-26-20(23)19-17(24-4)7-6-8-18(19)25-5/h6-12H,13H2,1-5H3. The third-order valence-electron chi connectivity index (χ3n) is 4.04. The fourth-order valence-corrected chi connectivity index (χ4v) is 2.50. The second-order valence-corrected chi connectivity index (χ2v) is 6.86. The van der Waals surface area contributed by atoms with Crippen molar-refractivity contribution < 1.29 is 23.8 Å². The highest BCUT2D eigenvalue weighted by Gasteiger charge is 2.21. The van der Waals surface area contributed by atoms with Gasteiger partial charge in [-0.15, -0.1) is 0 Å². The van der Waals surface area contributed by atoms with Crippen LogP contribution in [0, 0.1) is 0 Å². The SMILES string of the molecule is COc1cccc(OC)c1C(=O)OCC(=O)c1ccc(C(C)(C)C)cc1. The average Bonchev–Trinajstić information content (AvgIpc) is 2.64. The molecular weight excluding hydrogens is 332 g/mol. The summed E-state index contributed by atoms with van der Waals surface area (Å²) in [5, 5.41) is 0. The maximum Gasteiger partial charge on any atom is 0.346 e. The molecule has 0 bridgehead atoms. The minimum atomic E-state index is -0.668. The first-order valence-corrected chi connectivity index (χ1v) is 8.29. The number of carbonyl (C=O) groups excluding carboxylic acids is 2. The Morgan fingerprint density at radius 3 is 1.88 bits per heavy atom. The quantitative estimate of drug-likeness (QED) is 0.577. The third kappa shape index (κ3) is 4.42. The summed E-state index contributed by atoms with van der Waals surface area (Å²) in [6.45, 7) is 5.96. The fraction of sp³-hybridized carbons (Fsp3) is 0.333. The Balaban J connectivity index is 2.09. The second kappa shape index (κ2) is 8.04. The van der Waals surface area contributed by atoms with Crippen LogP contribution in [0.15, 0.2) is 42.5 Å². The van der Waals surface area contributed by atoms with Gasteiger partial charge in [-0.1, -0.05) is 51.1 Å². The van der Waals surface area contributed by atoms with Gasteiger partial charge >= 0.3 is 5.97 Å². The Labute approximate surface area is 153 Å². The predicted molar refractivity (Wildman–Crippen MR) is 99.3 cm³/mol. The molecule has 0 aliphatic carbocycles. The van der Waals surface area contributed by atoms with E-state index in [2.05, 4.69) is 20.8 Å². The van der Waals surface area contributed by atoms with Crippen molar-refractivity contribution >= 4 is 11.8 Å². The molecule has 0 aromatic heterocycles. The van der Waals surface area contributed by atoms with Gasteiger partial charge in [-0.2, -0.15) is 0 Å². The second-order valence-electron chi connectivity index (χ2n) is 6.86. The minimum absolute atomic E-state index is 0.00839. The molecule has 0 unspecified atom stereocenters. The molecule has 5 heteroatoms. The summed E-state index contributed by atoms with van der Waals surface area (Å²) in [7, 11) is 2.90. The molecule has 2 rings (SSSR count). The van der Waals surface area contributed by atoms with E-state index in [-0.39, 0.29) is 23.4 Å². The van der Waals surface area contributed by atoms with Crippen molar-refractivity contribution in [1.82, 2.24) is 0 Å². The maximum atomic E-state index is 12.4. The number of carbonyl (C=O) groups is 2. The van der Waals surface area contributed by atoms with E-state index in [1.54, 1.807) is 30.3 Å². The normalized spacial score (nSPS) is 11.0. The van der Waals surface area contributed by atoms with Gasteiger partial charge in [-0.3, -0.25) is 4.79 Å². The lowest BCUT2D eigenvalue weighted by Crippen LogP contribution is -2.16. The number of ether oxygens (including phenoxy) is 3. The molecule has 2 aromatic carbocycles. The zero-order chi connectivity index (χ0) is 19.3. The highest BCUT2D eigenvalue weighted by Crippen LogP contribution is 2.29. The molecule has 2 aromatic rings.